The molecule has 1 aliphatic carbocycles. The molecule has 0 aliphatic heterocycles. The van der Waals surface area contributed by atoms with Gasteiger partial charge >= 0.3 is 0 Å². The van der Waals surface area contributed by atoms with Crippen molar-refractivity contribution in [3.8, 4) is 0 Å². The van der Waals surface area contributed by atoms with Crippen LogP contribution in [0.2, 0.25) is 0 Å². The summed E-state index contributed by atoms with van der Waals surface area (Å²) in [7, 11) is 0. The van der Waals surface area contributed by atoms with Gasteiger partial charge in [-0.3, -0.25) is 4.79 Å². The molecule has 27 heavy (non-hydrogen) atoms. The van der Waals surface area contributed by atoms with E-state index in [4.69, 9.17) is 4.98 Å². The highest BCUT2D eigenvalue weighted by molar-refractivity contribution is 8.00. The summed E-state index contributed by atoms with van der Waals surface area (Å²) in [5.74, 6) is 0.951. The zero-order valence-corrected chi connectivity index (χ0v) is 17.7. The van der Waals surface area contributed by atoms with E-state index in [1.807, 2.05) is 49.4 Å². The zero-order valence-electron chi connectivity index (χ0n) is 16.0. The molecule has 0 bridgehead atoms. The molecule has 0 radical (unpaired) electrons. The predicted octanol–water partition coefficient (Wildman–Crippen LogP) is 5.80. The van der Waals surface area contributed by atoms with E-state index in [1.165, 1.54) is 34.2 Å². The predicted molar refractivity (Wildman–Crippen MR) is 114 cm³/mol. The molecular formula is C22H24N2OS2. The van der Waals surface area contributed by atoms with Crippen molar-refractivity contribution >= 4 is 39.1 Å². The van der Waals surface area contributed by atoms with Crippen LogP contribution in [-0.2, 0) is 19.3 Å². The van der Waals surface area contributed by atoms with Gasteiger partial charge in [-0.1, -0.05) is 43.0 Å². The van der Waals surface area contributed by atoms with Crippen molar-refractivity contribution in [3.05, 3.63) is 51.7 Å². The van der Waals surface area contributed by atoms with E-state index in [1.54, 1.807) is 11.8 Å². The van der Waals surface area contributed by atoms with Gasteiger partial charge in [0, 0.05) is 15.8 Å². The van der Waals surface area contributed by atoms with Crippen molar-refractivity contribution in [1.29, 1.82) is 0 Å². The second-order valence-electron chi connectivity index (χ2n) is 7.14. The van der Waals surface area contributed by atoms with Gasteiger partial charge in [-0.15, -0.1) is 11.3 Å². The normalized spacial score (nSPS) is 14.9. The quantitative estimate of drug-likeness (QED) is 0.310. The molecule has 2 heterocycles. The number of ketones is 1. The third kappa shape index (κ3) is 3.67. The van der Waals surface area contributed by atoms with Crippen molar-refractivity contribution in [1.82, 2.24) is 9.97 Å². The van der Waals surface area contributed by atoms with Crippen LogP contribution in [0.5, 0.6) is 0 Å². The summed E-state index contributed by atoms with van der Waals surface area (Å²) in [5, 5.41) is 2.00. The minimum absolute atomic E-state index is 0.163. The fraction of sp³-hybridized carbons (Fsp3) is 0.409. The molecule has 1 atom stereocenters. The number of thiophene rings is 1. The molecule has 0 amide bonds. The highest BCUT2D eigenvalue weighted by atomic mass is 32.2. The van der Waals surface area contributed by atoms with Crippen LogP contribution in [0.15, 0.2) is 29.3 Å². The maximum atomic E-state index is 12.9. The van der Waals surface area contributed by atoms with E-state index in [-0.39, 0.29) is 11.0 Å². The molecule has 0 unspecified atom stereocenters. The number of hydrogen-bond acceptors (Lipinski definition) is 5. The summed E-state index contributed by atoms with van der Waals surface area (Å²) in [6.45, 7) is 6.06. The number of Topliss-reactive ketones (excluding diaryl/α,β-unsaturated/α-hetero) is 1. The van der Waals surface area contributed by atoms with Crippen LogP contribution in [0.1, 0.15) is 58.9 Å². The first-order valence-corrected chi connectivity index (χ1v) is 11.3. The first-order valence-electron chi connectivity index (χ1n) is 9.65. The molecule has 3 aromatic rings. The Labute approximate surface area is 168 Å². The van der Waals surface area contributed by atoms with E-state index in [0.717, 1.165) is 40.5 Å². The van der Waals surface area contributed by atoms with Crippen molar-refractivity contribution in [2.45, 2.75) is 63.2 Å². The van der Waals surface area contributed by atoms with Crippen LogP contribution in [0.3, 0.4) is 0 Å². The number of thioether (sulfide) groups is 1. The molecule has 1 aliphatic rings. The number of hydrogen-bond donors (Lipinski definition) is 0. The summed E-state index contributed by atoms with van der Waals surface area (Å²) >= 11 is 3.40. The monoisotopic (exact) mass is 396 g/mol. The van der Waals surface area contributed by atoms with Crippen LogP contribution >= 0.6 is 23.1 Å². The highest BCUT2D eigenvalue weighted by Crippen LogP contribution is 2.40. The van der Waals surface area contributed by atoms with E-state index in [9.17, 15) is 4.79 Å². The summed E-state index contributed by atoms with van der Waals surface area (Å²) in [6, 6.07) is 8.00. The van der Waals surface area contributed by atoms with Gasteiger partial charge in [-0.05, 0) is 57.1 Å². The molecule has 140 valence electrons. The first kappa shape index (κ1) is 18.6. The first-order chi connectivity index (χ1) is 13.1. The Morgan fingerprint density at radius 2 is 1.93 bits per heavy atom. The number of carbonyl (C=O) groups excluding carboxylic acids is 1. The highest BCUT2D eigenvalue weighted by Gasteiger charge is 2.24. The number of benzene rings is 1. The topological polar surface area (TPSA) is 42.9 Å². The van der Waals surface area contributed by atoms with Crippen molar-refractivity contribution in [2.75, 3.05) is 0 Å². The second-order valence-corrected chi connectivity index (χ2v) is 9.55. The fourth-order valence-electron chi connectivity index (χ4n) is 3.67. The van der Waals surface area contributed by atoms with Gasteiger partial charge in [0.25, 0.3) is 0 Å². The molecule has 0 N–H and O–H groups in total. The molecule has 4 rings (SSSR count). The van der Waals surface area contributed by atoms with E-state index in [2.05, 4.69) is 11.9 Å². The Morgan fingerprint density at radius 3 is 2.67 bits per heavy atom. The van der Waals surface area contributed by atoms with Gasteiger partial charge in [0.05, 0.1) is 5.25 Å². The largest absolute Gasteiger partial charge is 0.293 e. The van der Waals surface area contributed by atoms with Gasteiger partial charge < -0.3 is 0 Å². The van der Waals surface area contributed by atoms with Gasteiger partial charge in [0.2, 0.25) is 0 Å². The molecule has 0 saturated carbocycles. The Morgan fingerprint density at radius 1 is 1.19 bits per heavy atom. The van der Waals surface area contributed by atoms with Crippen LogP contribution in [0.25, 0.3) is 10.2 Å². The van der Waals surface area contributed by atoms with Gasteiger partial charge in [0.1, 0.15) is 15.7 Å². The maximum Gasteiger partial charge on any atom is 0.175 e. The van der Waals surface area contributed by atoms with E-state index in [0.29, 0.717) is 0 Å². The lowest BCUT2D eigenvalue weighted by Crippen LogP contribution is -2.14. The lowest BCUT2D eigenvalue weighted by atomic mass is 9.97. The number of fused-ring (bicyclic) bond motifs is 3. The SMILES string of the molecule is CCc1ccc(C(=O)[C@@H](C)Sc2nc(C)nc3sc4c(c23)CCCC4)cc1. The second kappa shape index (κ2) is 7.72. The van der Waals surface area contributed by atoms with Crippen molar-refractivity contribution in [3.63, 3.8) is 0 Å². The summed E-state index contributed by atoms with van der Waals surface area (Å²) in [6.07, 6.45) is 5.74. The zero-order chi connectivity index (χ0) is 19.0. The van der Waals surface area contributed by atoms with Crippen molar-refractivity contribution < 1.29 is 4.79 Å². The Bertz CT molecular complexity index is 992. The molecule has 0 fully saturated rings. The smallest absolute Gasteiger partial charge is 0.175 e. The van der Waals surface area contributed by atoms with Crippen LogP contribution in [-0.4, -0.2) is 21.0 Å². The molecule has 1 aromatic carbocycles. The van der Waals surface area contributed by atoms with Crippen LogP contribution in [0.4, 0.5) is 0 Å². The van der Waals surface area contributed by atoms with E-state index >= 15 is 0 Å². The number of rotatable bonds is 5. The molecule has 5 heteroatoms. The minimum Gasteiger partial charge on any atom is -0.293 e. The van der Waals surface area contributed by atoms with Gasteiger partial charge in [-0.25, -0.2) is 9.97 Å². The fourth-order valence-corrected chi connectivity index (χ4v) is 6.14. The number of aromatic nitrogens is 2. The van der Waals surface area contributed by atoms with Crippen molar-refractivity contribution in [2.24, 2.45) is 0 Å². The summed E-state index contributed by atoms with van der Waals surface area (Å²) in [4.78, 5) is 24.9. The summed E-state index contributed by atoms with van der Waals surface area (Å²) in [5.41, 5.74) is 3.46. The molecule has 3 nitrogen and oxygen atoms in total. The lowest BCUT2D eigenvalue weighted by molar-refractivity contribution is 0.0994. The van der Waals surface area contributed by atoms with Crippen LogP contribution in [0, 0.1) is 6.92 Å². The average Bonchev–Trinajstić information content (AvgIpc) is 3.05. The average molecular weight is 397 g/mol. The Kier molecular flexibility index (Phi) is 5.33. The molecule has 0 saturated heterocycles. The third-order valence-corrected chi connectivity index (χ3v) is 7.47. The van der Waals surface area contributed by atoms with Gasteiger partial charge in [-0.2, -0.15) is 0 Å². The number of aryl methyl sites for hydroxylation is 4. The standard InChI is InChI=1S/C22H24N2OS2/c1-4-15-9-11-16(12-10-15)20(25)13(2)26-21-19-17-7-5-6-8-18(17)27-22(19)24-14(3)23-21/h9-13H,4-8H2,1-3H3/t13-/m1/s1. The van der Waals surface area contributed by atoms with Crippen LogP contribution < -0.4 is 0 Å². The van der Waals surface area contributed by atoms with Gasteiger partial charge in [0.15, 0.2) is 5.78 Å². The van der Waals surface area contributed by atoms with E-state index < -0.39 is 0 Å². The number of nitrogens with zero attached hydrogens (tertiary/aromatic N) is 2. The molecular weight excluding hydrogens is 372 g/mol. The third-order valence-electron chi connectivity index (χ3n) is 5.20. The Hall–Kier alpha value is -1.72. The molecule has 0 spiro atoms. The minimum atomic E-state index is -0.172. The Balaban J connectivity index is 1.65. The number of carbonyl (C=O) groups is 1. The summed E-state index contributed by atoms with van der Waals surface area (Å²) < 4.78 is 0. The molecule has 2 aromatic heterocycles. The maximum absolute atomic E-state index is 12.9. The lowest BCUT2D eigenvalue weighted by Gasteiger charge is -2.14.